The number of esters is 1. The molecule has 17 N–H and O–H groups in total. The van der Waals surface area contributed by atoms with Crippen LogP contribution in [0.15, 0.2) is 45.6 Å². The van der Waals surface area contributed by atoms with Gasteiger partial charge in [0.1, 0.15) is 78.3 Å². The van der Waals surface area contributed by atoms with Gasteiger partial charge in [-0.25, -0.2) is 0 Å². The van der Waals surface area contributed by atoms with Gasteiger partial charge in [-0.2, -0.15) is 0 Å². The minimum atomic E-state index is -1.55. The number of hydrogen-bond donors (Lipinski definition) is 16. The minimum absolute atomic E-state index is 0. The number of nitrogens with two attached hydrogens (primary N) is 1. The summed E-state index contributed by atoms with van der Waals surface area (Å²) >= 11 is 2.35. The first-order valence-corrected chi connectivity index (χ1v) is 30.7. The Morgan fingerprint density at radius 2 is 1.06 bits per heavy atom. The van der Waals surface area contributed by atoms with E-state index in [1.807, 2.05) is 0 Å². The third kappa shape index (κ3) is 22.4. The zero-order valence-corrected chi connectivity index (χ0v) is 50.4. The van der Waals surface area contributed by atoms with E-state index in [1.165, 1.54) is 43.1 Å². The summed E-state index contributed by atoms with van der Waals surface area (Å²) in [4.78, 5) is 58.3. The summed E-state index contributed by atoms with van der Waals surface area (Å²) in [5, 5.41) is 140. The van der Waals surface area contributed by atoms with Gasteiger partial charge in [-0.3, -0.25) is 29.3 Å². The lowest BCUT2D eigenvalue weighted by Crippen LogP contribution is -2.62. The second kappa shape index (κ2) is 39.3. The smallest absolute Gasteiger partial charge is 0.311 e. The monoisotopic (exact) mass is 1330 g/mol. The van der Waals surface area contributed by atoms with Crippen molar-refractivity contribution in [1.82, 2.24) is 16.0 Å². The van der Waals surface area contributed by atoms with Crippen molar-refractivity contribution in [2.24, 2.45) is 5.73 Å². The van der Waals surface area contributed by atoms with E-state index in [4.69, 9.17) is 42.6 Å². The molecular formula is C56H93N5O27S2. The van der Waals surface area contributed by atoms with Crippen LogP contribution in [0.4, 0.5) is 5.69 Å². The van der Waals surface area contributed by atoms with Crippen molar-refractivity contribution in [3.05, 3.63) is 55.7 Å². The van der Waals surface area contributed by atoms with Gasteiger partial charge in [-0.15, -0.1) is 23.5 Å². The molecule has 34 heteroatoms. The first-order chi connectivity index (χ1) is 42.1. The van der Waals surface area contributed by atoms with Crippen LogP contribution in [0.25, 0.3) is 0 Å². The first-order valence-electron chi connectivity index (χ1n) is 28.8. The predicted octanol–water partition coefficient (Wildman–Crippen LogP) is -2.53. The topological polar surface area (TPSA) is 499 Å². The van der Waals surface area contributed by atoms with E-state index >= 15 is 0 Å². The van der Waals surface area contributed by atoms with Gasteiger partial charge in [0.05, 0.1) is 78.1 Å². The summed E-state index contributed by atoms with van der Waals surface area (Å²) in [5.74, 6) is -3.60. The van der Waals surface area contributed by atoms with Crippen molar-refractivity contribution in [2.75, 3.05) is 78.3 Å². The molecule has 6 heterocycles. The highest BCUT2D eigenvalue weighted by atomic mass is 32.2. The highest BCUT2D eigenvalue weighted by molar-refractivity contribution is 8.03. The molecule has 90 heavy (non-hydrogen) atoms. The lowest BCUT2D eigenvalue weighted by Gasteiger charge is -2.50. The van der Waals surface area contributed by atoms with Crippen molar-refractivity contribution >= 4 is 52.9 Å². The number of rotatable bonds is 28. The summed E-state index contributed by atoms with van der Waals surface area (Å²) in [6, 6.07) is 5.14. The quantitative estimate of drug-likeness (QED) is 0.0135. The molecule has 1 aromatic carbocycles. The van der Waals surface area contributed by atoms with Gasteiger partial charge in [0, 0.05) is 70.8 Å². The Labute approximate surface area is 529 Å². The Balaban J connectivity index is 0.000000455. The van der Waals surface area contributed by atoms with E-state index < -0.39 is 135 Å². The third-order valence-electron chi connectivity index (χ3n) is 14.4. The van der Waals surface area contributed by atoms with E-state index in [0.717, 1.165) is 11.8 Å². The van der Waals surface area contributed by atoms with E-state index in [9.17, 15) is 90.6 Å². The van der Waals surface area contributed by atoms with Crippen LogP contribution in [0.1, 0.15) is 91.9 Å². The molecule has 2 spiro atoms. The number of unbranched alkanes of at least 4 members (excludes halogenated alkanes) is 2. The number of amides is 3. The molecule has 0 bridgehead atoms. The zero-order chi connectivity index (χ0) is 64.7. The summed E-state index contributed by atoms with van der Waals surface area (Å²) in [6.45, 7) is -1.60. The number of carbonyl (C=O) groups is 4. The maximum atomic E-state index is 12.2. The van der Waals surface area contributed by atoms with Gasteiger partial charge in [0.15, 0.2) is 12.6 Å². The number of aliphatic hydroxyl groups excluding tert-OH is 12. The van der Waals surface area contributed by atoms with Crippen LogP contribution in [-0.2, 0) is 57.1 Å². The summed E-state index contributed by atoms with van der Waals surface area (Å²) in [6.07, 6.45) is -14.7. The third-order valence-corrected chi connectivity index (χ3v) is 17.0. The number of aliphatic hydroxyl groups is 12. The van der Waals surface area contributed by atoms with Crippen molar-refractivity contribution in [3.8, 4) is 5.75 Å². The van der Waals surface area contributed by atoms with E-state index in [-0.39, 0.29) is 112 Å². The summed E-state index contributed by atoms with van der Waals surface area (Å²) < 4.78 is 52.0. The van der Waals surface area contributed by atoms with Gasteiger partial charge in [-0.05, 0) is 57.7 Å². The molecule has 7 rings (SSSR count). The van der Waals surface area contributed by atoms with Crippen LogP contribution in [-0.4, -0.2) is 266 Å². The van der Waals surface area contributed by atoms with Crippen molar-refractivity contribution in [2.45, 2.75) is 189 Å². The summed E-state index contributed by atoms with van der Waals surface area (Å²) in [7, 11) is 3.07. The Hall–Kier alpha value is -4.48. The molecule has 0 aliphatic carbocycles. The molecule has 516 valence electrons. The van der Waals surface area contributed by atoms with Crippen molar-refractivity contribution in [3.63, 3.8) is 0 Å². The van der Waals surface area contributed by atoms with Crippen molar-refractivity contribution in [1.29, 1.82) is 0 Å². The largest absolute Gasteiger partial charge is 0.462 e. The molecule has 3 amide bonds. The first kappa shape index (κ1) is 79.8. The lowest BCUT2D eigenvalue weighted by molar-refractivity contribution is -0.384. The second-order valence-corrected chi connectivity index (χ2v) is 23.0. The fraction of sp³-hybridized carbons (Fsp3) is 0.750. The molecular weight excluding hydrogens is 1240 g/mol. The molecule has 6 aliphatic heterocycles. The summed E-state index contributed by atoms with van der Waals surface area (Å²) in [5.41, 5.74) is 4.38. The lowest BCUT2D eigenvalue weighted by atomic mass is 9.93. The molecule has 0 saturated carbocycles. The number of non-ortho nitro benzene ring substituents is 1. The molecule has 2 saturated heterocycles. The predicted molar refractivity (Wildman–Crippen MR) is 320 cm³/mol. The number of carbonyl (C=O) groups excluding carboxylic acids is 4. The number of hydrogen-bond acceptors (Lipinski definition) is 30. The van der Waals surface area contributed by atoms with Crippen LogP contribution in [0.3, 0.4) is 0 Å². The molecule has 10 unspecified atom stereocenters. The standard InChI is InChI=1S/C29H40N2O15S.C24H40N2O12S.CH5N.2CH4/c32-13-19(35)25-23(38)18(34)12-29(45-25)15-47-27-26(46-29)24(39)20(14-33)44-28(27)42-11-3-10-30-21(36)4-1-2-5-22(37)43-17-8-6-16(7-9-17)31(40)41;1-25-16(31)5-2-3-6-17(32)26-7-4-8-35-23-22-21(19(34)15(11-28)36-23)38-24(12-39-22)9-13(29)18(33)20(37-24)14(30)10-27;1-2;;/h6-9,18-20,23-25,28,32-35,38-39H,1-5,10-15H2,(H,30,36);13-15,18-20,23,27-30,33-34H,2-12H2,1H3,(H,25,31)(H,26,32);2H2,1H3;2*1H4/t18?,19-,20?,23?,24?,25+,28?,29+;13?,14-,15?,18?,19?,20+,23?,24+;;;/m11.../s1. The number of nitrogens with zero attached hydrogens (tertiary/aromatic N) is 1. The maximum Gasteiger partial charge on any atom is 0.311 e. The number of ether oxygens (including phenoxy) is 9. The highest BCUT2D eigenvalue weighted by Gasteiger charge is 2.57. The van der Waals surface area contributed by atoms with E-state index in [2.05, 4.69) is 21.7 Å². The number of thioether (sulfide) groups is 2. The number of benzene rings is 1. The van der Waals surface area contributed by atoms with Crippen LogP contribution >= 0.6 is 23.5 Å². The SMILES string of the molecule is C.C.CN.CNC(=O)CCCCC(=O)NCCCOC1OC(CO)C(O)C2=C1SC[C@]1(CC(O)C(O)[C@H]([C@H](O)CO)O1)O2.O=C(CCCCC(=O)Oc1ccc([N+](=O)[O-])cc1)NCCCOC1OC(CO)C(O)C2=C1SC[C@]1(CC(O)C(O)[C@H]([C@H](O)CO)O1)O2. The second-order valence-electron chi connectivity index (χ2n) is 21.0. The van der Waals surface area contributed by atoms with Crippen LogP contribution < -0.4 is 26.4 Å². The maximum absolute atomic E-state index is 12.2. The molecule has 1 aromatic rings. The molecule has 32 nitrogen and oxygen atoms in total. The van der Waals surface area contributed by atoms with Gasteiger partial charge in [0.25, 0.3) is 5.69 Å². The average molecular weight is 1330 g/mol. The highest BCUT2D eigenvalue weighted by Crippen LogP contribution is 2.49. The molecule has 16 atom stereocenters. The van der Waals surface area contributed by atoms with E-state index in [0.29, 0.717) is 67.7 Å². The Morgan fingerprint density at radius 1 is 0.656 bits per heavy atom. The molecule has 6 aliphatic rings. The van der Waals surface area contributed by atoms with Crippen LogP contribution in [0.2, 0.25) is 0 Å². The number of nitro groups is 1. The zero-order valence-electron chi connectivity index (χ0n) is 48.8. The average Bonchev–Trinajstić information content (AvgIpc) is 0.770. The van der Waals surface area contributed by atoms with E-state index in [1.54, 1.807) is 7.05 Å². The number of nitro benzene ring substituents is 1. The molecule has 0 aromatic heterocycles. The van der Waals surface area contributed by atoms with Gasteiger partial charge in [-0.1, -0.05) is 14.9 Å². The van der Waals surface area contributed by atoms with Gasteiger partial charge < -0.3 is 126 Å². The van der Waals surface area contributed by atoms with Gasteiger partial charge in [0.2, 0.25) is 29.3 Å². The Morgan fingerprint density at radius 3 is 1.43 bits per heavy atom. The van der Waals surface area contributed by atoms with Crippen LogP contribution in [0, 0.1) is 10.1 Å². The Bertz CT molecular complexity index is 2460. The normalized spacial score (nSPS) is 29.9. The van der Waals surface area contributed by atoms with Crippen LogP contribution in [0.5, 0.6) is 5.75 Å². The van der Waals surface area contributed by atoms with Crippen molar-refractivity contribution < 1.29 is 128 Å². The Kier molecular flexibility index (Phi) is 34.8. The minimum Gasteiger partial charge on any atom is -0.462 e. The molecule has 0 radical (unpaired) electrons. The number of nitrogens with one attached hydrogen (secondary N) is 3. The molecule has 2 fully saturated rings. The van der Waals surface area contributed by atoms with Gasteiger partial charge >= 0.3 is 5.97 Å². The fourth-order valence-corrected chi connectivity index (χ4v) is 12.1. The fourth-order valence-electron chi connectivity index (χ4n) is 9.71.